The SMILES string of the molecule is COc1ccc(-c2ccc(NC(C)=O)cc2)cc1OC. The van der Waals surface area contributed by atoms with Gasteiger partial charge in [0.1, 0.15) is 0 Å². The van der Waals surface area contributed by atoms with Crippen LogP contribution >= 0.6 is 0 Å². The lowest BCUT2D eigenvalue weighted by atomic mass is 10.0. The molecular weight excluding hydrogens is 254 g/mol. The third-order valence-corrected chi connectivity index (χ3v) is 2.92. The van der Waals surface area contributed by atoms with Gasteiger partial charge in [0.25, 0.3) is 0 Å². The van der Waals surface area contributed by atoms with Crippen molar-refractivity contribution < 1.29 is 14.3 Å². The number of hydrogen-bond donors (Lipinski definition) is 1. The highest BCUT2D eigenvalue weighted by Gasteiger charge is 2.06. The Bertz CT molecular complexity index is 606. The number of benzene rings is 2. The third-order valence-electron chi connectivity index (χ3n) is 2.92. The molecule has 104 valence electrons. The Kier molecular flexibility index (Phi) is 4.25. The monoisotopic (exact) mass is 271 g/mol. The standard InChI is InChI=1S/C16H17NO3/c1-11(18)17-14-7-4-12(5-8-14)13-6-9-15(19-2)16(10-13)20-3/h4-10H,1-3H3,(H,17,18). The summed E-state index contributed by atoms with van der Waals surface area (Å²) in [7, 11) is 3.22. The highest BCUT2D eigenvalue weighted by atomic mass is 16.5. The Morgan fingerprint density at radius 1 is 0.900 bits per heavy atom. The summed E-state index contributed by atoms with van der Waals surface area (Å²) in [6.07, 6.45) is 0. The van der Waals surface area contributed by atoms with Gasteiger partial charge in [-0.05, 0) is 35.4 Å². The maximum absolute atomic E-state index is 11.0. The molecule has 0 atom stereocenters. The number of carbonyl (C=O) groups excluding carboxylic acids is 1. The molecule has 0 unspecified atom stereocenters. The van der Waals surface area contributed by atoms with E-state index >= 15 is 0 Å². The number of nitrogens with one attached hydrogen (secondary N) is 1. The van der Waals surface area contributed by atoms with Gasteiger partial charge in [0.2, 0.25) is 5.91 Å². The zero-order chi connectivity index (χ0) is 14.5. The minimum Gasteiger partial charge on any atom is -0.493 e. The van der Waals surface area contributed by atoms with Gasteiger partial charge in [-0.15, -0.1) is 0 Å². The number of rotatable bonds is 4. The molecule has 0 aliphatic rings. The smallest absolute Gasteiger partial charge is 0.221 e. The van der Waals surface area contributed by atoms with Gasteiger partial charge in [0, 0.05) is 12.6 Å². The number of carbonyl (C=O) groups is 1. The van der Waals surface area contributed by atoms with Gasteiger partial charge in [-0.3, -0.25) is 4.79 Å². The molecule has 0 radical (unpaired) electrons. The summed E-state index contributed by atoms with van der Waals surface area (Å²) in [4.78, 5) is 11.0. The molecule has 0 saturated carbocycles. The molecule has 0 aliphatic heterocycles. The van der Waals surface area contributed by atoms with Crippen molar-refractivity contribution in [2.45, 2.75) is 6.92 Å². The molecule has 0 heterocycles. The largest absolute Gasteiger partial charge is 0.493 e. The van der Waals surface area contributed by atoms with Gasteiger partial charge in [0.15, 0.2) is 11.5 Å². The summed E-state index contributed by atoms with van der Waals surface area (Å²) in [5.74, 6) is 1.31. The van der Waals surface area contributed by atoms with E-state index in [1.54, 1.807) is 14.2 Å². The van der Waals surface area contributed by atoms with Gasteiger partial charge >= 0.3 is 0 Å². The van der Waals surface area contributed by atoms with Crippen LogP contribution in [0, 0.1) is 0 Å². The van der Waals surface area contributed by atoms with Crippen LogP contribution in [0.5, 0.6) is 11.5 Å². The van der Waals surface area contributed by atoms with Gasteiger partial charge in [0.05, 0.1) is 14.2 Å². The molecule has 2 aromatic rings. The second-order valence-corrected chi connectivity index (χ2v) is 4.33. The molecule has 0 bridgehead atoms. The first-order chi connectivity index (χ1) is 9.63. The summed E-state index contributed by atoms with van der Waals surface area (Å²) in [5.41, 5.74) is 2.85. The lowest BCUT2D eigenvalue weighted by molar-refractivity contribution is -0.114. The first-order valence-electron chi connectivity index (χ1n) is 6.24. The van der Waals surface area contributed by atoms with E-state index in [1.807, 2.05) is 42.5 Å². The maximum atomic E-state index is 11.0. The number of hydrogen-bond acceptors (Lipinski definition) is 3. The Morgan fingerprint density at radius 2 is 1.50 bits per heavy atom. The lowest BCUT2D eigenvalue weighted by Crippen LogP contribution is -2.05. The molecular formula is C16H17NO3. The van der Waals surface area contributed by atoms with E-state index in [9.17, 15) is 4.79 Å². The van der Waals surface area contributed by atoms with Gasteiger partial charge in [-0.2, -0.15) is 0 Å². The Hall–Kier alpha value is -2.49. The zero-order valence-electron chi connectivity index (χ0n) is 11.8. The number of ether oxygens (including phenoxy) is 2. The normalized spacial score (nSPS) is 9.95. The molecule has 0 aromatic heterocycles. The summed E-state index contributed by atoms with van der Waals surface area (Å²) >= 11 is 0. The van der Waals surface area contributed by atoms with E-state index in [1.165, 1.54) is 6.92 Å². The summed E-state index contributed by atoms with van der Waals surface area (Å²) in [6, 6.07) is 13.4. The van der Waals surface area contributed by atoms with E-state index in [0.29, 0.717) is 11.5 Å². The van der Waals surface area contributed by atoms with Crippen molar-refractivity contribution in [3.8, 4) is 22.6 Å². The second-order valence-electron chi connectivity index (χ2n) is 4.33. The van der Waals surface area contributed by atoms with Gasteiger partial charge < -0.3 is 14.8 Å². The average Bonchev–Trinajstić information content (AvgIpc) is 2.46. The van der Waals surface area contributed by atoms with Crippen molar-refractivity contribution in [1.29, 1.82) is 0 Å². The van der Waals surface area contributed by atoms with Crippen LogP contribution < -0.4 is 14.8 Å². The number of amides is 1. The highest BCUT2D eigenvalue weighted by Crippen LogP contribution is 2.32. The van der Waals surface area contributed by atoms with Crippen LogP contribution in [0.2, 0.25) is 0 Å². The Labute approximate surface area is 118 Å². The third kappa shape index (κ3) is 3.09. The molecule has 0 saturated heterocycles. The second kappa shape index (κ2) is 6.10. The van der Waals surface area contributed by atoms with E-state index in [4.69, 9.17) is 9.47 Å². The number of methoxy groups -OCH3 is 2. The summed E-state index contributed by atoms with van der Waals surface area (Å²) in [5, 5.41) is 2.74. The first kappa shape index (κ1) is 13.9. The zero-order valence-corrected chi connectivity index (χ0v) is 11.8. The van der Waals surface area contributed by atoms with E-state index < -0.39 is 0 Å². The van der Waals surface area contributed by atoms with Crippen molar-refractivity contribution in [2.75, 3.05) is 19.5 Å². The summed E-state index contributed by atoms with van der Waals surface area (Å²) < 4.78 is 10.5. The molecule has 0 aliphatic carbocycles. The van der Waals surface area contributed by atoms with Crippen molar-refractivity contribution in [3.63, 3.8) is 0 Å². The van der Waals surface area contributed by atoms with Crippen LogP contribution in [0.25, 0.3) is 11.1 Å². The Morgan fingerprint density at radius 3 is 2.05 bits per heavy atom. The Balaban J connectivity index is 2.29. The van der Waals surface area contributed by atoms with Crippen molar-refractivity contribution in [2.24, 2.45) is 0 Å². The topological polar surface area (TPSA) is 47.6 Å². The highest BCUT2D eigenvalue weighted by molar-refractivity contribution is 5.89. The van der Waals surface area contributed by atoms with Crippen molar-refractivity contribution in [1.82, 2.24) is 0 Å². The van der Waals surface area contributed by atoms with E-state index in [0.717, 1.165) is 16.8 Å². The van der Waals surface area contributed by atoms with Crippen LogP contribution in [0.4, 0.5) is 5.69 Å². The molecule has 1 N–H and O–H groups in total. The van der Waals surface area contributed by atoms with Crippen LogP contribution in [0.1, 0.15) is 6.92 Å². The molecule has 2 rings (SSSR count). The molecule has 0 fully saturated rings. The average molecular weight is 271 g/mol. The fourth-order valence-corrected chi connectivity index (χ4v) is 1.97. The van der Waals surface area contributed by atoms with Crippen molar-refractivity contribution in [3.05, 3.63) is 42.5 Å². The van der Waals surface area contributed by atoms with Crippen LogP contribution in [0.15, 0.2) is 42.5 Å². The minimum atomic E-state index is -0.0798. The molecule has 4 heteroatoms. The van der Waals surface area contributed by atoms with Crippen LogP contribution in [-0.4, -0.2) is 20.1 Å². The fourth-order valence-electron chi connectivity index (χ4n) is 1.97. The lowest BCUT2D eigenvalue weighted by Gasteiger charge is -2.10. The maximum Gasteiger partial charge on any atom is 0.221 e. The first-order valence-corrected chi connectivity index (χ1v) is 6.24. The van der Waals surface area contributed by atoms with Crippen molar-refractivity contribution >= 4 is 11.6 Å². The molecule has 0 spiro atoms. The predicted molar refractivity (Wildman–Crippen MR) is 79.3 cm³/mol. The quantitative estimate of drug-likeness (QED) is 0.927. The fraction of sp³-hybridized carbons (Fsp3) is 0.188. The van der Waals surface area contributed by atoms with Crippen LogP contribution in [0.3, 0.4) is 0 Å². The minimum absolute atomic E-state index is 0.0798. The summed E-state index contributed by atoms with van der Waals surface area (Å²) in [6.45, 7) is 1.49. The van der Waals surface area contributed by atoms with Gasteiger partial charge in [-0.1, -0.05) is 18.2 Å². The van der Waals surface area contributed by atoms with E-state index in [-0.39, 0.29) is 5.91 Å². The molecule has 1 amide bonds. The van der Waals surface area contributed by atoms with E-state index in [2.05, 4.69) is 5.32 Å². The predicted octanol–water partition coefficient (Wildman–Crippen LogP) is 3.33. The molecule has 20 heavy (non-hydrogen) atoms. The molecule has 4 nitrogen and oxygen atoms in total. The van der Waals surface area contributed by atoms with Gasteiger partial charge in [-0.25, -0.2) is 0 Å². The number of anilines is 1. The van der Waals surface area contributed by atoms with Crippen LogP contribution in [-0.2, 0) is 4.79 Å². The molecule has 2 aromatic carbocycles.